The fraction of sp³-hybridized carbons (Fsp3) is 0.481. The third-order valence-corrected chi connectivity index (χ3v) is 8.17. The zero-order valence-electron chi connectivity index (χ0n) is 21.5. The highest BCUT2D eigenvalue weighted by molar-refractivity contribution is 7.92. The Morgan fingerprint density at radius 3 is 2.49 bits per heavy atom. The molecule has 1 aliphatic rings. The first-order valence-electron chi connectivity index (χ1n) is 12.5. The molecule has 2 aromatic carbocycles. The number of nitrogens with zero attached hydrogens (tertiary/aromatic N) is 2. The van der Waals surface area contributed by atoms with Crippen LogP contribution in [0.4, 0.5) is 10.1 Å². The Bertz CT molecular complexity index is 1220. The predicted molar refractivity (Wildman–Crippen MR) is 144 cm³/mol. The minimum Gasteiger partial charge on any atom is -0.352 e. The lowest BCUT2D eigenvalue weighted by atomic mass is 10.1. The van der Waals surface area contributed by atoms with Crippen LogP contribution in [0.25, 0.3) is 0 Å². The van der Waals surface area contributed by atoms with Crippen LogP contribution in [0.3, 0.4) is 0 Å². The van der Waals surface area contributed by atoms with E-state index in [0.717, 1.165) is 37.5 Å². The summed E-state index contributed by atoms with van der Waals surface area (Å²) in [6.07, 6.45) is 5.23. The molecule has 0 radical (unpaired) electrons. The number of anilines is 1. The third-order valence-electron chi connectivity index (χ3n) is 6.76. The van der Waals surface area contributed by atoms with Crippen LogP contribution >= 0.6 is 11.6 Å². The SMILES string of the molecule is Cc1ccc(Cl)cc1N(CCCC(=O)N(Cc1ccccc1F)[C@H](C)C(=O)NC1CCCC1)S(C)(=O)=O. The molecule has 0 bridgehead atoms. The highest BCUT2D eigenvalue weighted by Crippen LogP contribution is 2.27. The van der Waals surface area contributed by atoms with E-state index in [1.807, 2.05) is 0 Å². The van der Waals surface area contributed by atoms with E-state index in [1.165, 1.54) is 15.3 Å². The van der Waals surface area contributed by atoms with E-state index in [9.17, 15) is 22.4 Å². The Labute approximate surface area is 224 Å². The Hall–Kier alpha value is -2.65. The minimum absolute atomic E-state index is 0.0128. The molecule has 0 heterocycles. The van der Waals surface area contributed by atoms with Crippen LogP contribution < -0.4 is 9.62 Å². The molecule has 1 saturated carbocycles. The van der Waals surface area contributed by atoms with Crippen molar-refractivity contribution in [3.63, 3.8) is 0 Å². The maximum atomic E-state index is 14.4. The number of nitrogens with one attached hydrogen (secondary N) is 1. The molecule has 10 heteroatoms. The van der Waals surface area contributed by atoms with Crippen molar-refractivity contribution in [1.29, 1.82) is 0 Å². The summed E-state index contributed by atoms with van der Waals surface area (Å²) < 4.78 is 40.7. The fourth-order valence-electron chi connectivity index (χ4n) is 4.62. The average Bonchev–Trinajstić information content (AvgIpc) is 3.34. The monoisotopic (exact) mass is 551 g/mol. The number of benzene rings is 2. The number of rotatable bonds is 11. The van der Waals surface area contributed by atoms with E-state index in [-0.39, 0.29) is 43.8 Å². The second kappa shape index (κ2) is 12.7. The van der Waals surface area contributed by atoms with E-state index in [2.05, 4.69) is 5.32 Å². The van der Waals surface area contributed by atoms with Gasteiger partial charge in [-0.05, 0) is 56.9 Å². The summed E-state index contributed by atoms with van der Waals surface area (Å²) in [6, 6.07) is 10.4. The van der Waals surface area contributed by atoms with Crippen LogP contribution in [0.5, 0.6) is 0 Å². The fourth-order valence-corrected chi connectivity index (χ4v) is 5.80. The van der Waals surface area contributed by atoms with Gasteiger partial charge in [0, 0.05) is 36.1 Å². The molecule has 7 nitrogen and oxygen atoms in total. The average molecular weight is 552 g/mol. The molecular formula is C27H35ClFN3O4S. The summed E-state index contributed by atoms with van der Waals surface area (Å²) in [5.41, 5.74) is 1.50. The van der Waals surface area contributed by atoms with Crippen LogP contribution in [0, 0.1) is 12.7 Å². The normalized spacial score (nSPS) is 14.8. The maximum absolute atomic E-state index is 14.4. The minimum atomic E-state index is -3.64. The van der Waals surface area contributed by atoms with Crippen LogP contribution in [-0.4, -0.2) is 50.0 Å². The lowest BCUT2D eigenvalue weighted by molar-refractivity contribution is -0.141. The summed E-state index contributed by atoms with van der Waals surface area (Å²) in [5.74, 6) is -1.08. The summed E-state index contributed by atoms with van der Waals surface area (Å²) in [6.45, 7) is 3.42. The van der Waals surface area contributed by atoms with Crippen molar-refractivity contribution < 1.29 is 22.4 Å². The van der Waals surface area contributed by atoms with Gasteiger partial charge >= 0.3 is 0 Å². The van der Waals surface area contributed by atoms with Crippen molar-refractivity contribution in [2.24, 2.45) is 0 Å². The second-order valence-electron chi connectivity index (χ2n) is 9.65. The molecular weight excluding hydrogens is 517 g/mol. The number of halogens is 2. The lowest BCUT2D eigenvalue weighted by Crippen LogP contribution is -2.49. The van der Waals surface area contributed by atoms with E-state index in [4.69, 9.17) is 11.6 Å². The van der Waals surface area contributed by atoms with Crippen LogP contribution in [-0.2, 0) is 26.2 Å². The lowest BCUT2D eigenvalue weighted by Gasteiger charge is -2.30. The first-order chi connectivity index (χ1) is 17.5. The second-order valence-corrected chi connectivity index (χ2v) is 12.0. The molecule has 37 heavy (non-hydrogen) atoms. The van der Waals surface area contributed by atoms with E-state index >= 15 is 0 Å². The summed E-state index contributed by atoms with van der Waals surface area (Å²) in [5, 5.41) is 3.42. The van der Waals surface area contributed by atoms with E-state index < -0.39 is 21.9 Å². The van der Waals surface area contributed by atoms with Crippen molar-refractivity contribution >= 4 is 39.1 Å². The molecule has 1 atom stereocenters. The van der Waals surface area contributed by atoms with Crippen molar-refractivity contribution in [1.82, 2.24) is 10.2 Å². The molecule has 202 valence electrons. The molecule has 2 amide bonds. The molecule has 1 aliphatic carbocycles. The molecule has 1 N–H and O–H groups in total. The van der Waals surface area contributed by atoms with Gasteiger partial charge in [0.25, 0.3) is 0 Å². The first-order valence-corrected chi connectivity index (χ1v) is 14.8. The van der Waals surface area contributed by atoms with Crippen molar-refractivity contribution in [3.05, 3.63) is 64.4 Å². The Morgan fingerprint density at radius 2 is 1.84 bits per heavy atom. The van der Waals surface area contributed by atoms with Crippen LogP contribution in [0.2, 0.25) is 5.02 Å². The summed E-state index contributed by atoms with van der Waals surface area (Å²) in [7, 11) is -3.64. The van der Waals surface area contributed by atoms with Gasteiger partial charge in [0.15, 0.2) is 0 Å². The zero-order valence-corrected chi connectivity index (χ0v) is 23.1. The van der Waals surface area contributed by atoms with Crippen LogP contribution in [0.15, 0.2) is 42.5 Å². The van der Waals surface area contributed by atoms with Gasteiger partial charge in [0.05, 0.1) is 11.9 Å². The van der Waals surface area contributed by atoms with Crippen LogP contribution in [0.1, 0.15) is 56.6 Å². The number of hydrogen-bond acceptors (Lipinski definition) is 4. The third kappa shape index (κ3) is 7.92. The molecule has 2 aromatic rings. The van der Waals surface area contributed by atoms with Gasteiger partial charge in [-0.25, -0.2) is 12.8 Å². The predicted octanol–water partition coefficient (Wildman–Crippen LogP) is 4.81. The number of hydrogen-bond donors (Lipinski definition) is 1. The standard InChI is InChI=1S/C27H35ClFN3O4S/c1-19-14-15-22(28)17-25(19)32(37(3,35)36)16-8-13-26(33)31(18-21-9-4-7-12-24(21)29)20(2)27(34)30-23-10-5-6-11-23/h4,7,9,12,14-15,17,20,23H,5-6,8,10-11,13,16,18H2,1-3H3,(H,30,34)/t20-/m1/s1. The molecule has 1 fully saturated rings. The largest absolute Gasteiger partial charge is 0.352 e. The van der Waals surface area contributed by atoms with Gasteiger partial charge in [-0.1, -0.05) is 48.7 Å². The van der Waals surface area contributed by atoms with Gasteiger partial charge in [-0.15, -0.1) is 0 Å². The summed E-state index contributed by atoms with van der Waals surface area (Å²) >= 11 is 6.10. The van der Waals surface area contributed by atoms with Crippen molar-refractivity contribution in [3.8, 4) is 0 Å². The molecule has 0 saturated heterocycles. The van der Waals surface area contributed by atoms with Gasteiger partial charge in [-0.3, -0.25) is 13.9 Å². The quantitative estimate of drug-likeness (QED) is 0.434. The van der Waals surface area contributed by atoms with E-state index in [1.54, 1.807) is 50.2 Å². The highest BCUT2D eigenvalue weighted by atomic mass is 35.5. The molecule has 0 unspecified atom stereocenters. The Kier molecular flexibility index (Phi) is 9.95. The molecule has 0 aliphatic heterocycles. The molecule has 0 aromatic heterocycles. The number of amides is 2. The van der Waals surface area contributed by atoms with Gasteiger partial charge < -0.3 is 10.2 Å². The van der Waals surface area contributed by atoms with E-state index in [0.29, 0.717) is 16.3 Å². The van der Waals surface area contributed by atoms with Gasteiger partial charge in [0.1, 0.15) is 11.9 Å². The molecule has 3 rings (SSSR count). The Morgan fingerprint density at radius 1 is 1.16 bits per heavy atom. The number of carbonyl (C=O) groups is 2. The number of carbonyl (C=O) groups excluding carboxylic acids is 2. The van der Waals surface area contributed by atoms with Gasteiger partial charge in [0.2, 0.25) is 21.8 Å². The zero-order chi connectivity index (χ0) is 27.2. The first kappa shape index (κ1) is 28.9. The smallest absolute Gasteiger partial charge is 0.242 e. The Balaban J connectivity index is 1.75. The highest BCUT2D eigenvalue weighted by Gasteiger charge is 2.29. The van der Waals surface area contributed by atoms with Crippen molar-refractivity contribution in [2.75, 3.05) is 17.1 Å². The molecule has 0 spiro atoms. The van der Waals surface area contributed by atoms with Gasteiger partial charge in [-0.2, -0.15) is 0 Å². The summed E-state index contributed by atoms with van der Waals surface area (Å²) in [4.78, 5) is 27.7. The topological polar surface area (TPSA) is 86.8 Å². The van der Waals surface area contributed by atoms with Crippen molar-refractivity contribution in [2.45, 2.75) is 71.0 Å². The maximum Gasteiger partial charge on any atom is 0.242 e. The number of sulfonamides is 1. The number of aryl methyl sites for hydroxylation is 1.